The van der Waals surface area contributed by atoms with Gasteiger partial charge in [-0.05, 0) is 38.3 Å². The van der Waals surface area contributed by atoms with Gasteiger partial charge in [0.05, 0.1) is 11.5 Å². The molecule has 0 spiro atoms. The summed E-state index contributed by atoms with van der Waals surface area (Å²) < 4.78 is 0. The van der Waals surface area contributed by atoms with Crippen LogP contribution in [0.1, 0.15) is 44.4 Å². The molecule has 0 aromatic heterocycles. The van der Waals surface area contributed by atoms with Crippen LogP contribution >= 0.6 is 0 Å². The van der Waals surface area contributed by atoms with Gasteiger partial charge in [-0.25, -0.2) is 0 Å². The van der Waals surface area contributed by atoms with Crippen LogP contribution in [-0.2, 0) is 4.79 Å². The fourth-order valence-corrected chi connectivity index (χ4v) is 2.94. The lowest BCUT2D eigenvalue weighted by Crippen LogP contribution is -2.46. The summed E-state index contributed by atoms with van der Waals surface area (Å²) in [5.74, 6) is 0.535. The Bertz CT molecular complexity index is 458. The Morgan fingerprint density at radius 2 is 1.90 bits per heavy atom. The highest BCUT2D eigenvalue weighted by Gasteiger charge is 2.44. The van der Waals surface area contributed by atoms with E-state index in [-0.39, 0.29) is 17.4 Å². The standard InChI is InChI=1S/C17H26N2O/c1-12(2)17(9-10-18-11-17)16(20)19-14(4)15-7-5-13(3)6-8-15/h5-8,12,14,18H,9-11H2,1-4H3,(H,19,20)/t14-,17?/m1/s1. The molecule has 1 aromatic carbocycles. The molecule has 3 nitrogen and oxygen atoms in total. The van der Waals surface area contributed by atoms with E-state index < -0.39 is 0 Å². The van der Waals surface area contributed by atoms with E-state index in [1.54, 1.807) is 0 Å². The van der Waals surface area contributed by atoms with Gasteiger partial charge in [-0.2, -0.15) is 0 Å². The van der Waals surface area contributed by atoms with Gasteiger partial charge in [0.15, 0.2) is 0 Å². The molecule has 2 atom stereocenters. The number of nitrogens with one attached hydrogen (secondary N) is 2. The van der Waals surface area contributed by atoms with Crippen LogP contribution in [0, 0.1) is 18.3 Å². The number of carbonyl (C=O) groups excluding carboxylic acids is 1. The Hall–Kier alpha value is -1.35. The minimum Gasteiger partial charge on any atom is -0.349 e. The molecule has 2 rings (SSSR count). The quantitative estimate of drug-likeness (QED) is 0.886. The summed E-state index contributed by atoms with van der Waals surface area (Å²) in [4.78, 5) is 12.7. The van der Waals surface area contributed by atoms with Crippen LogP contribution in [-0.4, -0.2) is 19.0 Å². The molecule has 1 saturated heterocycles. The fraction of sp³-hybridized carbons (Fsp3) is 0.588. The summed E-state index contributed by atoms with van der Waals surface area (Å²) in [7, 11) is 0. The third-order valence-electron chi connectivity index (χ3n) is 4.67. The molecule has 20 heavy (non-hydrogen) atoms. The predicted molar refractivity (Wildman–Crippen MR) is 82.5 cm³/mol. The molecular weight excluding hydrogens is 248 g/mol. The Kier molecular flexibility index (Phi) is 4.48. The van der Waals surface area contributed by atoms with Crippen molar-refractivity contribution in [2.24, 2.45) is 11.3 Å². The van der Waals surface area contributed by atoms with Crippen LogP contribution in [0.2, 0.25) is 0 Å². The summed E-state index contributed by atoms with van der Waals surface area (Å²) in [6.45, 7) is 10.1. The van der Waals surface area contributed by atoms with Crippen molar-refractivity contribution in [3.8, 4) is 0 Å². The maximum Gasteiger partial charge on any atom is 0.228 e. The second-order valence-corrected chi connectivity index (χ2v) is 6.34. The van der Waals surface area contributed by atoms with E-state index in [0.717, 1.165) is 25.1 Å². The van der Waals surface area contributed by atoms with Crippen LogP contribution in [0.5, 0.6) is 0 Å². The maximum absolute atomic E-state index is 12.7. The summed E-state index contributed by atoms with van der Waals surface area (Å²) >= 11 is 0. The summed E-state index contributed by atoms with van der Waals surface area (Å²) in [5, 5.41) is 6.54. The molecule has 0 aliphatic carbocycles. The van der Waals surface area contributed by atoms with Gasteiger partial charge < -0.3 is 10.6 Å². The number of hydrogen-bond acceptors (Lipinski definition) is 2. The van der Waals surface area contributed by atoms with Gasteiger partial charge in [0.1, 0.15) is 0 Å². The van der Waals surface area contributed by atoms with Gasteiger partial charge in [0.2, 0.25) is 5.91 Å². The molecule has 0 bridgehead atoms. The first-order valence-electron chi connectivity index (χ1n) is 7.54. The van der Waals surface area contributed by atoms with Crippen molar-refractivity contribution in [2.75, 3.05) is 13.1 Å². The average molecular weight is 274 g/mol. The molecule has 1 aliphatic rings. The summed E-state index contributed by atoms with van der Waals surface area (Å²) in [6, 6.07) is 8.42. The number of amides is 1. The second kappa shape index (κ2) is 5.96. The van der Waals surface area contributed by atoms with Crippen LogP contribution < -0.4 is 10.6 Å². The van der Waals surface area contributed by atoms with Crippen molar-refractivity contribution in [3.63, 3.8) is 0 Å². The van der Waals surface area contributed by atoms with Gasteiger partial charge in [-0.3, -0.25) is 4.79 Å². The molecule has 3 heteroatoms. The predicted octanol–water partition coefficient (Wildman–Crippen LogP) is 2.81. The summed E-state index contributed by atoms with van der Waals surface area (Å²) in [6.07, 6.45) is 0.928. The first-order chi connectivity index (χ1) is 9.45. The number of aryl methyl sites for hydroxylation is 1. The highest BCUT2D eigenvalue weighted by molar-refractivity contribution is 5.84. The normalized spacial score (nSPS) is 23.9. The molecule has 1 aliphatic heterocycles. The van der Waals surface area contributed by atoms with Crippen LogP contribution in [0.3, 0.4) is 0 Å². The largest absolute Gasteiger partial charge is 0.349 e. The van der Waals surface area contributed by atoms with E-state index in [2.05, 4.69) is 62.6 Å². The van der Waals surface area contributed by atoms with E-state index in [1.807, 2.05) is 0 Å². The first kappa shape index (κ1) is 15.0. The summed E-state index contributed by atoms with van der Waals surface area (Å²) in [5.41, 5.74) is 2.15. The Labute approximate surface area is 122 Å². The molecule has 1 fully saturated rings. The minimum absolute atomic E-state index is 0.0549. The lowest BCUT2D eigenvalue weighted by Gasteiger charge is -2.32. The monoisotopic (exact) mass is 274 g/mol. The van der Waals surface area contributed by atoms with Gasteiger partial charge in [-0.1, -0.05) is 43.7 Å². The molecule has 1 heterocycles. The van der Waals surface area contributed by atoms with Crippen LogP contribution in [0.4, 0.5) is 0 Å². The van der Waals surface area contributed by atoms with Crippen molar-refractivity contribution in [3.05, 3.63) is 35.4 Å². The molecular formula is C17H26N2O. The first-order valence-corrected chi connectivity index (χ1v) is 7.54. The number of carbonyl (C=O) groups is 1. The number of benzene rings is 1. The lowest BCUT2D eigenvalue weighted by atomic mass is 9.75. The van der Waals surface area contributed by atoms with Crippen LogP contribution in [0.25, 0.3) is 0 Å². The third-order valence-corrected chi connectivity index (χ3v) is 4.67. The molecule has 1 unspecified atom stereocenters. The van der Waals surface area contributed by atoms with Crippen LogP contribution in [0.15, 0.2) is 24.3 Å². The van der Waals surface area contributed by atoms with E-state index in [9.17, 15) is 4.79 Å². The zero-order valence-electron chi connectivity index (χ0n) is 13.0. The lowest BCUT2D eigenvalue weighted by molar-refractivity contribution is -0.133. The number of hydrogen-bond donors (Lipinski definition) is 2. The van der Waals surface area contributed by atoms with Gasteiger partial charge in [0.25, 0.3) is 0 Å². The highest BCUT2D eigenvalue weighted by atomic mass is 16.2. The fourth-order valence-electron chi connectivity index (χ4n) is 2.94. The third kappa shape index (κ3) is 2.88. The van der Waals surface area contributed by atoms with Gasteiger partial charge >= 0.3 is 0 Å². The zero-order chi connectivity index (χ0) is 14.8. The Balaban J connectivity index is 2.08. The molecule has 0 saturated carbocycles. The maximum atomic E-state index is 12.7. The highest BCUT2D eigenvalue weighted by Crippen LogP contribution is 2.35. The van der Waals surface area contributed by atoms with Gasteiger partial charge in [-0.15, -0.1) is 0 Å². The molecule has 1 amide bonds. The van der Waals surface area contributed by atoms with Crippen molar-refractivity contribution in [1.82, 2.24) is 10.6 Å². The van der Waals surface area contributed by atoms with E-state index in [1.165, 1.54) is 5.56 Å². The van der Waals surface area contributed by atoms with Crippen molar-refractivity contribution in [1.29, 1.82) is 0 Å². The van der Waals surface area contributed by atoms with Gasteiger partial charge in [0, 0.05) is 6.54 Å². The average Bonchev–Trinajstić information content (AvgIpc) is 2.90. The molecule has 0 radical (unpaired) electrons. The van der Waals surface area contributed by atoms with E-state index >= 15 is 0 Å². The number of rotatable bonds is 4. The molecule has 1 aromatic rings. The minimum atomic E-state index is -0.251. The Morgan fingerprint density at radius 3 is 2.40 bits per heavy atom. The Morgan fingerprint density at radius 1 is 1.25 bits per heavy atom. The van der Waals surface area contributed by atoms with Crippen molar-refractivity contribution in [2.45, 2.75) is 40.2 Å². The van der Waals surface area contributed by atoms with E-state index in [0.29, 0.717) is 5.92 Å². The second-order valence-electron chi connectivity index (χ2n) is 6.34. The molecule has 2 N–H and O–H groups in total. The van der Waals surface area contributed by atoms with Crippen molar-refractivity contribution < 1.29 is 4.79 Å². The van der Waals surface area contributed by atoms with E-state index in [4.69, 9.17) is 0 Å². The topological polar surface area (TPSA) is 41.1 Å². The van der Waals surface area contributed by atoms with Crippen molar-refractivity contribution >= 4 is 5.91 Å². The SMILES string of the molecule is Cc1ccc([C@@H](C)NC(=O)C2(C(C)C)CCNC2)cc1. The smallest absolute Gasteiger partial charge is 0.228 e. The molecule has 110 valence electrons. The zero-order valence-corrected chi connectivity index (χ0v) is 13.0.